The van der Waals surface area contributed by atoms with Crippen molar-refractivity contribution in [1.82, 2.24) is 0 Å². The molecule has 0 fully saturated rings. The van der Waals surface area contributed by atoms with Crippen LogP contribution in [0.25, 0.3) is 0 Å². The van der Waals surface area contributed by atoms with Gasteiger partial charge in [0.15, 0.2) is 5.78 Å². The van der Waals surface area contributed by atoms with Crippen LogP contribution < -0.4 is 0 Å². The SMILES string of the molecule is CC(=O)/C=C/C=N\O. The Bertz CT molecular complexity index is 126. The van der Waals surface area contributed by atoms with Crippen molar-refractivity contribution < 1.29 is 10.0 Å². The third-order valence-corrected chi connectivity index (χ3v) is 0.484. The number of carbonyl (C=O) groups excluding carboxylic acids is 1. The van der Waals surface area contributed by atoms with Gasteiger partial charge in [0.1, 0.15) is 0 Å². The van der Waals surface area contributed by atoms with Gasteiger partial charge in [0.2, 0.25) is 0 Å². The topological polar surface area (TPSA) is 49.7 Å². The van der Waals surface area contributed by atoms with Crippen LogP contribution in [0.5, 0.6) is 0 Å². The van der Waals surface area contributed by atoms with Crippen molar-refractivity contribution in [2.75, 3.05) is 0 Å². The summed E-state index contributed by atoms with van der Waals surface area (Å²) in [7, 11) is 0. The number of ketones is 1. The molecule has 3 heteroatoms. The van der Waals surface area contributed by atoms with Gasteiger partial charge in [-0.1, -0.05) is 5.16 Å². The predicted molar refractivity (Wildman–Crippen MR) is 30.1 cm³/mol. The van der Waals surface area contributed by atoms with Gasteiger partial charge in [0, 0.05) is 0 Å². The van der Waals surface area contributed by atoms with Crippen LogP contribution in [0.1, 0.15) is 6.92 Å². The molecule has 0 heterocycles. The van der Waals surface area contributed by atoms with E-state index in [9.17, 15) is 4.79 Å². The first kappa shape index (κ1) is 6.88. The Hall–Kier alpha value is -1.12. The lowest BCUT2D eigenvalue weighted by atomic mass is 10.4. The van der Waals surface area contributed by atoms with Crippen molar-refractivity contribution in [3.63, 3.8) is 0 Å². The van der Waals surface area contributed by atoms with Crippen LogP contribution in [0.2, 0.25) is 0 Å². The molecule has 0 aliphatic carbocycles. The summed E-state index contributed by atoms with van der Waals surface area (Å²) >= 11 is 0. The van der Waals surface area contributed by atoms with Crippen LogP contribution in [0.4, 0.5) is 0 Å². The highest BCUT2D eigenvalue weighted by molar-refractivity contribution is 5.91. The average Bonchev–Trinajstić information content (AvgIpc) is 1.66. The van der Waals surface area contributed by atoms with Crippen molar-refractivity contribution in [1.29, 1.82) is 0 Å². The minimum absolute atomic E-state index is 0.0649. The Morgan fingerprint density at radius 3 is 2.75 bits per heavy atom. The lowest BCUT2D eigenvalue weighted by Crippen LogP contribution is -1.78. The molecule has 3 nitrogen and oxygen atoms in total. The van der Waals surface area contributed by atoms with Gasteiger partial charge < -0.3 is 5.21 Å². The van der Waals surface area contributed by atoms with Gasteiger partial charge in [-0.25, -0.2) is 0 Å². The van der Waals surface area contributed by atoms with Crippen LogP contribution >= 0.6 is 0 Å². The highest BCUT2D eigenvalue weighted by Gasteiger charge is 1.75. The maximum absolute atomic E-state index is 10.1. The van der Waals surface area contributed by atoms with Gasteiger partial charge in [-0.3, -0.25) is 4.79 Å². The number of carbonyl (C=O) groups is 1. The average molecular weight is 113 g/mol. The van der Waals surface area contributed by atoms with Crippen LogP contribution in [0.15, 0.2) is 17.3 Å². The maximum atomic E-state index is 10.1. The second kappa shape index (κ2) is 4.05. The second-order valence-electron chi connectivity index (χ2n) is 1.23. The molecule has 0 bridgehead atoms. The molecule has 0 aliphatic heterocycles. The Morgan fingerprint density at radius 2 is 2.38 bits per heavy atom. The summed E-state index contributed by atoms with van der Waals surface area (Å²) in [6, 6.07) is 0. The summed E-state index contributed by atoms with van der Waals surface area (Å²) in [6.45, 7) is 1.42. The van der Waals surface area contributed by atoms with E-state index >= 15 is 0 Å². The van der Waals surface area contributed by atoms with Gasteiger partial charge in [-0.15, -0.1) is 0 Å². The number of oxime groups is 1. The van der Waals surface area contributed by atoms with Crippen molar-refractivity contribution in [2.45, 2.75) is 6.92 Å². The molecule has 44 valence electrons. The van der Waals surface area contributed by atoms with E-state index in [1.54, 1.807) is 0 Å². The monoisotopic (exact) mass is 113 g/mol. The van der Waals surface area contributed by atoms with Gasteiger partial charge in [-0.2, -0.15) is 0 Å². The number of allylic oxidation sites excluding steroid dienone is 2. The molecular weight excluding hydrogens is 106 g/mol. The van der Waals surface area contributed by atoms with E-state index in [0.29, 0.717) is 0 Å². The number of rotatable bonds is 2. The van der Waals surface area contributed by atoms with Gasteiger partial charge in [0.05, 0.1) is 6.21 Å². The molecule has 0 aromatic rings. The third-order valence-electron chi connectivity index (χ3n) is 0.484. The smallest absolute Gasteiger partial charge is 0.152 e. The first-order valence-electron chi connectivity index (χ1n) is 2.12. The second-order valence-corrected chi connectivity index (χ2v) is 1.23. The van der Waals surface area contributed by atoms with Gasteiger partial charge in [-0.05, 0) is 19.1 Å². The van der Waals surface area contributed by atoms with Gasteiger partial charge >= 0.3 is 0 Å². The minimum Gasteiger partial charge on any atom is -0.411 e. The highest BCUT2D eigenvalue weighted by Crippen LogP contribution is 1.69. The molecular formula is C5H7NO2. The lowest BCUT2D eigenvalue weighted by molar-refractivity contribution is -0.112. The fourth-order valence-electron chi connectivity index (χ4n) is 0.217. The molecule has 0 atom stereocenters. The van der Waals surface area contributed by atoms with E-state index < -0.39 is 0 Å². The number of nitrogens with zero attached hydrogens (tertiary/aromatic N) is 1. The molecule has 0 aliphatic rings. The Morgan fingerprint density at radius 1 is 1.75 bits per heavy atom. The first-order valence-corrected chi connectivity index (χ1v) is 2.12. The Labute approximate surface area is 47.3 Å². The lowest BCUT2D eigenvalue weighted by Gasteiger charge is -1.71. The van der Waals surface area contributed by atoms with Crippen LogP contribution in [-0.2, 0) is 4.79 Å². The molecule has 0 radical (unpaired) electrons. The first-order chi connectivity index (χ1) is 3.77. The maximum Gasteiger partial charge on any atom is 0.152 e. The summed E-state index contributed by atoms with van der Waals surface area (Å²) in [6.07, 6.45) is 3.80. The standard InChI is InChI=1S/C5H7NO2/c1-5(7)3-2-4-6-8/h2-4,8H,1H3/b3-2+,6-4-. The van der Waals surface area contributed by atoms with E-state index in [1.165, 1.54) is 19.1 Å². The Balaban J connectivity index is 3.50. The summed E-state index contributed by atoms with van der Waals surface area (Å²) in [5.41, 5.74) is 0. The molecule has 0 aromatic heterocycles. The van der Waals surface area contributed by atoms with E-state index in [4.69, 9.17) is 5.21 Å². The molecule has 0 rings (SSSR count). The zero-order valence-electron chi connectivity index (χ0n) is 4.53. The summed E-state index contributed by atoms with van der Waals surface area (Å²) in [4.78, 5) is 10.1. The molecule has 0 aromatic carbocycles. The highest BCUT2D eigenvalue weighted by atomic mass is 16.4. The summed E-state index contributed by atoms with van der Waals surface area (Å²) < 4.78 is 0. The number of hydrogen-bond donors (Lipinski definition) is 1. The molecule has 1 N–H and O–H groups in total. The van der Waals surface area contributed by atoms with Gasteiger partial charge in [0.25, 0.3) is 0 Å². The van der Waals surface area contributed by atoms with E-state index in [0.717, 1.165) is 6.21 Å². The molecule has 0 saturated carbocycles. The van der Waals surface area contributed by atoms with Crippen molar-refractivity contribution >= 4 is 12.0 Å². The third kappa shape index (κ3) is 4.88. The summed E-state index contributed by atoms with van der Waals surface area (Å²) in [5, 5.41) is 10.4. The molecule has 0 spiro atoms. The van der Waals surface area contributed by atoms with Crippen LogP contribution in [0, 0.1) is 0 Å². The zero-order valence-corrected chi connectivity index (χ0v) is 4.53. The van der Waals surface area contributed by atoms with Crippen molar-refractivity contribution in [2.24, 2.45) is 5.16 Å². The largest absolute Gasteiger partial charge is 0.411 e. The van der Waals surface area contributed by atoms with Crippen molar-refractivity contribution in [3.8, 4) is 0 Å². The van der Waals surface area contributed by atoms with Crippen LogP contribution in [-0.4, -0.2) is 17.2 Å². The summed E-state index contributed by atoms with van der Waals surface area (Å²) in [5.74, 6) is -0.0649. The van der Waals surface area contributed by atoms with E-state index in [-0.39, 0.29) is 5.78 Å². The fraction of sp³-hybridized carbons (Fsp3) is 0.200. The fourth-order valence-corrected chi connectivity index (χ4v) is 0.217. The van der Waals surface area contributed by atoms with Crippen LogP contribution in [0.3, 0.4) is 0 Å². The quantitative estimate of drug-likeness (QED) is 0.246. The van der Waals surface area contributed by atoms with Crippen molar-refractivity contribution in [3.05, 3.63) is 12.2 Å². The molecule has 8 heavy (non-hydrogen) atoms. The van der Waals surface area contributed by atoms with E-state index in [2.05, 4.69) is 5.16 Å². The zero-order chi connectivity index (χ0) is 6.41. The number of hydrogen-bond acceptors (Lipinski definition) is 3. The van der Waals surface area contributed by atoms with E-state index in [1.807, 2.05) is 0 Å². The predicted octanol–water partition coefficient (Wildman–Crippen LogP) is 0.592. The normalized spacial score (nSPS) is 11.1. The molecule has 0 saturated heterocycles. The minimum atomic E-state index is -0.0649. The Kier molecular flexibility index (Phi) is 3.48. The molecule has 0 unspecified atom stereocenters. The molecule has 0 amide bonds.